The maximum Gasteiger partial charge on any atom is 0.127 e. The van der Waals surface area contributed by atoms with Gasteiger partial charge in [0.25, 0.3) is 0 Å². The monoisotopic (exact) mass is 246 g/mol. The molecule has 98 valence electrons. The number of hydrogen-bond donors (Lipinski definition) is 0. The van der Waals surface area contributed by atoms with Crippen LogP contribution in [0, 0.1) is 0 Å². The summed E-state index contributed by atoms with van der Waals surface area (Å²) < 4.78 is 10.5. The first-order valence-electron chi connectivity index (χ1n) is 5.96. The van der Waals surface area contributed by atoms with Gasteiger partial charge in [-0.25, -0.2) is 0 Å². The van der Waals surface area contributed by atoms with Crippen LogP contribution in [0.25, 0.3) is 0 Å². The Morgan fingerprint density at radius 3 is 1.94 bits per heavy atom. The Bertz CT molecular complexity index is 400. The van der Waals surface area contributed by atoms with E-state index in [1.807, 2.05) is 51.1 Å². The molecule has 0 saturated heterocycles. The Kier molecular flexibility index (Phi) is 8.12. The highest BCUT2D eigenvalue weighted by atomic mass is 16.5. The minimum Gasteiger partial charge on any atom is -0.497 e. The van der Waals surface area contributed by atoms with Crippen LogP contribution in [0.15, 0.2) is 60.9 Å². The summed E-state index contributed by atoms with van der Waals surface area (Å²) >= 11 is 0. The third-order valence-corrected chi connectivity index (χ3v) is 1.86. The van der Waals surface area contributed by atoms with E-state index in [-0.39, 0.29) is 0 Å². The highest BCUT2D eigenvalue weighted by Crippen LogP contribution is 2.18. The van der Waals surface area contributed by atoms with Gasteiger partial charge in [-0.05, 0) is 37.3 Å². The van der Waals surface area contributed by atoms with Gasteiger partial charge in [0.2, 0.25) is 0 Å². The predicted molar refractivity (Wildman–Crippen MR) is 78.1 cm³/mol. The van der Waals surface area contributed by atoms with Crippen molar-refractivity contribution in [1.29, 1.82) is 0 Å². The largest absolute Gasteiger partial charge is 0.497 e. The number of benzene rings is 1. The van der Waals surface area contributed by atoms with E-state index < -0.39 is 0 Å². The Morgan fingerprint density at radius 2 is 1.50 bits per heavy atom. The molecule has 2 nitrogen and oxygen atoms in total. The standard InChI is InChI=1S/C14H16O2.C2H6/c1-11(2)5-6-12(3)16-14-9-7-13(15-4)8-10-14;1-2/h5-10H,1,3H2,2,4H3;1-2H3/b6-5-;. The van der Waals surface area contributed by atoms with Gasteiger partial charge in [0.1, 0.15) is 17.3 Å². The molecule has 0 aliphatic carbocycles. The van der Waals surface area contributed by atoms with Crippen LogP contribution in [0.3, 0.4) is 0 Å². The predicted octanol–water partition coefficient (Wildman–Crippen LogP) is 4.75. The van der Waals surface area contributed by atoms with Crippen LogP contribution in [0.4, 0.5) is 0 Å². The number of rotatable bonds is 5. The van der Waals surface area contributed by atoms with Crippen molar-refractivity contribution in [3.63, 3.8) is 0 Å². The summed E-state index contributed by atoms with van der Waals surface area (Å²) in [7, 11) is 1.63. The molecule has 1 rings (SSSR count). The van der Waals surface area contributed by atoms with Crippen molar-refractivity contribution in [2.75, 3.05) is 7.11 Å². The fourth-order valence-corrected chi connectivity index (χ4v) is 1.06. The minimum atomic E-state index is 0.577. The number of ether oxygens (including phenoxy) is 2. The summed E-state index contributed by atoms with van der Waals surface area (Å²) in [6.07, 6.45) is 3.64. The van der Waals surface area contributed by atoms with Crippen molar-refractivity contribution in [2.24, 2.45) is 0 Å². The second kappa shape index (κ2) is 9.11. The fraction of sp³-hybridized carbons (Fsp3) is 0.250. The Labute approximate surface area is 110 Å². The quantitative estimate of drug-likeness (QED) is 0.551. The van der Waals surface area contributed by atoms with E-state index in [9.17, 15) is 0 Å². The maximum absolute atomic E-state index is 5.49. The van der Waals surface area contributed by atoms with Gasteiger partial charge < -0.3 is 9.47 Å². The van der Waals surface area contributed by atoms with Crippen molar-refractivity contribution < 1.29 is 9.47 Å². The topological polar surface area (TPSA) is 18.5 Å². The molecule has 18 heavy (non-hydrogen) atoms. The van der Waals surface area contributed by atoms with Gasteiger partial charge in [-0.15, -0.1) is 0 Å². The molecule has 0 spiro atoms. The molecule has 0 heterocycles. The number of hydrogen-bond acceptors (Lipinski definition) is 2. The zero-order valence-corrected chi connectivity index (χ0v) is 11.7. The summed E-state index contributed by atoms with van der Waals surface area (Å²) in [4.78, 5) is 0. The van der Waals surface area contributed by atoms with Crippen LogP contribution in [-0.2, 0) is 0 Å². The van der Waals surface area contributed by atoms with Gasteiger partial charge in [-0.3, -0.25) is 0 Å². The molecule has 0 unspecified atom stereocenters. The summed E-state index contributed by atoms with van der Waals surface area (Å²) in [5.41, 5.74) is 0.958. The summed E-state index contributed by atoms with van der Waals surface area (Å²) in [6.45, 7) is 13.5. The van der Waals surface area contributed by atoms with Crippen LogP contribution < -0.4 is 9.47 Å². The first kappa shape index (κ1) is 16.0. The lowest BCUT2D eigenvalue weighted by Gasteiger charge is -2.05. The van der Waals surface area contributed by atoms with Crippen LogP contribution >= 0.6 is 0 Å². The average molecular weight is 246 g/mol. The molecule has 0 N–H and O–H groups in total. The third kappa shape index (κ3) is 6.59. The molecule has 0 fully saturated rings. The molecule has 0 amide bonds. The SMILES string of the molecule is C=C(C)/C=C\C(=C)Oc1ccc(OC)cc1.CC. The van der Waals surface area contributed by atoms with Crippen molar-refractivity contribution in [3.05, 3.63) is 60.9 Å². The van der Waals surface area contributed by atoms with E-state index in [1.165, 1.54) is 0 Å². The van der Waals surface area contributed by atoms with Gasteiger partial charge in [0.15, 0.2) is 0 Å². The Balaban J connectivity index is 0.00000137. The van der Waals surface area contributed by atoms with Crippen LogP contribution in [0.5, 0.6) is 11.5 Å². The lowest BCUT2D eigenvalue weighted by Crippen LogP contribution is -1.90. The highest BCUT2D eigenvalue weighted by molar-refractivity contribution is 5.33. The second-order valence-corrected chi connectivity index (χ2v) is 3.42. The summed E-state index contributed by atoms with van der Waals surface area (Å²) in [6, 6.07) is 7.34. The number of methoxy groups -OCH3 is 1. The molecule has 0 bridgehead atoms. The molecule has 0 aromatic heterocycles. The van der Waals surface area contributed by atoms with Gasteiger partial charge in [-0.2, -0.15) is 0 Å². The fourth-order valence-electron chi connectivity index (χ4n) is 1.06. The van der Waals surface area contributed by atoms with Gasteiger partial charge in [0, 0.05) is 0 Å². The highest BCUT2D eigenvalue weighted by Gasteiger charge is 1.95. The Morgan fingerprint density at radius 1 is 1.00 bits per heavy atom. The van der Waals surface area contributed by atoms with Crippen LogP contribution in [0.1, 0.15) is 20.8 Å². The lowest BCUT2D eigenvalue weighted by molar-refractivity contribution is 0.411. The Hall–Kier alpha value is -1.96. The zero-order valence-electron chi connectivity index (χ0n) is 11.7. The van der Waals surface area contributed by atoms with Crippen molar-refractivity contribution in [3.8, 4) is 11.5 Å². The van der Waals surface area contributed by atoms with Crippen molar-refractivity contribution >= 4 is 0 Å². The molecule has 0 atom stereocenters. The summed E-state index contributed by atoms with van der Waals surface area (Å²) in [5, 5.41) is 0. The normalized spacial score (nSPS) is 9.33. The van der Waals surface area contributed by atoms with Crippen molar-refractivity contribution in [2.45, 2.75) is 20.8 Å². The molecular formula is C16H22O2. The molecule has 2 heteroatoms. The van der Waals surface area contributed by atoms with Crippen LogP contribution in [-0.4, -0.2) is 7.11 Å². The molecule has 0 saturated carbocycles. The smallest absolute Gasteiger partial charge is 0.127 e. The van der Waals surface area contributed by atoms with Crippen molar-refractivity contribution in [1.82, 2.24) is 0 Å². The van der Waals surface area contributed by atoms with Gasteiger partial charge in [0.05, 0.1) is 7.11 Å². The van der Waals surface area contributed by atoms with Crippen LogP contribution in [0.2, 0.25) is 0 Å². The molecule has 1 aromatic rings. The van der Waals surface area contributed by atoms with E-state index >= 15 is 0 Å². The third-order valence-electron chi connectivity index (χ3n) is 1.86. The molecule has 0 aliphatic rings. The lowest BCUT2D eigenvalue weighted by atomic mass is 10.3. The number of allylic oxidation sites excluding steroid dienone is 3. The maximum atomic E-state index is 5.49. The average Bonchev–Trinajstić information content (AvgIpc) is 2.39. The second-order valence-electron chi connectivity index (χ2n) is 3.42. The van der Waals surface area contributed by atoms with E-state index in [0.29, 0.717) is 5.76 Å². The molecule has 0 radical (unpaired) electrons. The van der Waals surface area contributed by atoms with E-state index in [2.05, 4.69) is 13.2 Å². The first-order valence-corrected chi connectivity index (χ1v) is 5.96. The molecule has 1 aromatic carbocycles. The first-order chi connectivity index (χ1) is 8.61. The van der Waals surface area contributed by atoms with E-state index in [4.69, 9.17) is 9.47 Å². The minimum absolute atomic E-state index is 0.577. The molecule has 0 aliphatic heterocycles. The van der Waals surface area contributed by atoms with E-state index in [0.717, 1.165) is 17.1 Å². The van der Waals surface area contributed by atoms with Gasteiger partial charge in [-0.1, -0.05) is 38.7 Å². The summed E-state index contributed by atoms with van der Waals surface area (Å²) in [5.74, 6) is 2.11. The zero-order chi connectivity index (χ0) is 14.0. The molecular weight excluding hydrogens is 224 g/mol. The van der Waals surface area contributed by atoms with E-state index in [1.54, 1.807) is 13.2 Å². The van der Waals surface area contributed by atoms with Gasteiger partial charge >= 0.3 is 0 Å².